The fourth-order valence-electron chi connectivity index (χ4n) is 4.20. The fraction of sp³-hybridized carbons (Fsp3) is 0.250. The molecule has 3 heterocycles. The summed E-state index contributed by atoms with van der Waals surface area (Å²) < 4.78 is 9.02. The third-order valence-electron chi connectivity index (χ3n) is 5.79. The number of nitrogens with zero attached hydrogens (tertiary/aromatic N) is 5. The van der Waals surface area contributed by atoms with Crippen LogP contribution in [0.5, 0.6) is 5.75 Å². The van der Waals surface area contributed by atoms with E-state index in [4.69, 9.17) is 9.72 Å². The number of hydrogen-bond acceptors (Lipinski definition) is 5. The van der Waals surface area contributed by atoms with E-state index in [0.717, 1.165) is 24.0 Å². The van der Waals surface area contributed by atoms with Crippen LogP contribution < -0.4 is 15.0 Å². The Balaban J connectivity index is 1.36. The van der Waals surface area contributed by atoms with E-state index in [1.165, 1.54) is 0 Å². The zero-order valence-corrected chi connectivity index (χ0v) is 18.2. The van der Waals surface area contributed by atoms with Gasteiger partial charge in [0.15, 0.2) is 0 Å². The Morgan fingerprint density at radius 3 is 2.70 bits per heavy atom. The number of rotatable bonds is 8. The SMILES string of the molecule is COc1ccc(NC(=O)CC2C(=O)N(CCCn3ccnc3)c3nc4ccccc4n32)cc1. The van der Waals surface area contributed by atoms with Crippen LogP contribution in [0.4, 0.5) is 11.6 Å². The smallest absolute Gasteiger partial charge is 0.253 e. The molecule has 1 aliphatic heterocycles. The number of fused-ring (bicyclic) bond motifs is 3. The quantitative estimate of drug-likeness (QED) is 0.450. The molecule has 0 radical (unpaired) electrons. The fourth-order valence-corrected chi connectivity index (χ4v) is 4.20. The first-order chi connectivity index (χ1) is 16.1. The Kier molecular flexibility index (Phi) is 5.52. The average Bonchev–Trinajstić information content (AvgIpc) is 3.53. The Labute approximate surface area is 190 Å². The van der Waals surface area contributed by atoms with Gasteiger partial charge in [-0.1, -0.05) is 12.1 Å². The summed E-state index contributed by atoms with van der Waals surface area (Å²) in [5.74, 6) is 0.954. The van der Waals surface area contributed by atoms with Crippen molar-refractivity contribution in [2.45, 2.75) is 25.4 Å². The lowest BCUT2D eigenvalue weighted by Crippen LogP contribution is -2.32. The molecule has 0 saturated heterocycles. The number of para-hydroxylation sites is 2. The molecule has 33 heavy (non-hydrogen) atoms. The maximum atomic E-state index is 13.4. The van der Waals surface area contributed by atoms with Crippen LogP contribution in [-0.2, 0) is 16.1 Å². The van der Waals surface area contributed by atoms with E-state index in [2.05, 4.69) is 10.3 Å². The zero-order valence-electron chi connectivity index (χ0n) is 18.2. The van der Waals surface area contributed by atoms with Crippen LogP contribution in [0.3, 0.4) is 0 Å². The molecule has 1 aliphatic rings. The summed E-state index contributed by atoms with van der Waals surface area (Å²) in [5, 5.41) is 2.88. The molecule has 9 heteroatoms. The third-order valence-corrected chi connectivity index (χ3v) is 5.79. The second-order valence-corrected chi connectivity index (χ2v) is 7.91. The predicted molar refractivity (Wildman–Crippen MR) is 124 cm³/mol. The van der Waals surface area contributed by atoms with E-state index < -0.39 is 6.04 Å². The van der Waals surface area contributed by atoms with E-state index in [9.17, 15) is 9.59 Å². The largest absolute Gasteiger partial charge is 0.497 e. The zero-order chi connectivity index (χ0) is 22.8. The van der Waals surface area contributed by atoms with Gasteiger partial charge in [-0.2, -0.15) is 0 Å². The van der Waals surface area contributed by atoms with Crippen molar-refractivity contribution in [3.05, 3.63) is 67.3 Å². The van der Waals surface area contributed by atoms with Crippen molar-refractivity contribution in [3.63, 3.8) is 0 Å². The Morgan fingerprint density at radius 2 is 1.94 bits per heavy atom. The van der Waals surface area contributed by atoms with Gasteiger partial charge >= 0.3 is 0 Å². The molecule has 5 rings (SSSR count). The van der Waals surface area contributed by atoms with Crippen LogP contribution in [0.1, 0.15) is 18.9 Å². The minimum absolute atomic E-state index is 0.0240. The molecule has 2 amide bonds. The topological polar surface area (TPSA) is 94.3 Å². The summed E-state index contributed by atoms with van der Waals surface area (Å²) in [6.07, 6.45) is 6.16. The van der Waals surface area contributed by atoms with Crippen molar-refractivity contribution in [1.82, 2.24) is 19.1 Å². The lowest BCUT2D eigenvalue weighted by molar-refractivity contribution is -0.124. The van der Waals surface area contributed by atoms with Crippen LogP contribution in [0.25, 0.3) is 11.0 Å². The molecule has 1 N–H and O–H groups in total. The van der Waals surface area contributed by atoms with Crippen molar-refractivity contribution < 1.29 is 14.3 Å². The summed E-state index contributed by atoms with van der Waals surface area (Å²) >= 11 is 0. The number of carbonyl (C=O) groups is 2. The van der Waals surface area contributed by atoms with Gasteiger partial charge in [-0.3, -0.25) is 19.1 Å². The molecule has 2 aromatic heterocycles. The van der Waals surface area contributed by atoms with Crippen LogP contribution >= 0.6 is 0 Å². The van der Waals surface area contributed by atoms with Gasteiger partial charge in [0.2, 0.25) is 11.9 Å². The highest BCUT2D eigenvalue weighted by Gasteiger charge is 2.40. The molecule has 1 atom stereocenters. The van der Waals surface area contributed by atoms with Crippen molar-refractivity contribution in [1.29, 1.82) is 0 Å². The van der Waals surface area contributed by atoms with Gasteiger partial charge in [0.05, 0.1) is 30.9 Å². The maximum absolute atomic E-state index is 13.4. The molecule has 0 aliphatic carbocycles. The number of methoxy groups -OCH3 is 1. The normalized spacial score (nSPS) is 15.1. The highest BCUT2D eigenvalue weighted by molar-refractivity contribution is 6.05. The number of imidazole rings is 2. The minimum Gasteiger partial charge on any atom is -0.497 e. The number of anilines is 2. The van der Waals surface area contributed by atoms with Crippen molar-refractivity contribution in [2.75, 3.05) is 23.9 Å². The number of amides is 2. The lowest BCUT2D eigenvalue weighted by atomic mass is 10.1. The summed E-state index contributed by atoms with van der Waals surface area (Å²) in [4.78, 5) is 36.7. The van der Waals surface area contributed by atoms with Gasteiger partial charge in [-0.05, 0) is 42.8 Å². The molecule has 0 bridgehead atoms. The average molecular weight is 444 g/mol. The third kappa shape index (κ3) is 4.05. The van der Waals surface area contributed by atoms with Crippen molar-refractivity contribution in [3.8, 4) is 5.75 Å². The van der Waals surface area contributed by atoms with Gasteiger partial charge in [0.1, 0.15) is 11.8 Å². The number of nitrogens with one attached hydrogen (secondary N) is 1. The molecule has 0 spiro atoms. The van der Waals surface area contributed by atoms with E-state index >= 15 is 0 Å². The van der Waals surface area contributed by atoms with Gasteiger partial charge in [0, 0.05) is 31.2 Å². The number of aryl methyl sites for hydroxylation is 1. The molecule has 0 fully saturated rings. The summed E-state index contributed by atoms with van der Waals surface area (Å²) in [6, 6.07) is 14.1. The molecule has 9 nitrogen and oxygen atoms in total. The number of ether oxygens (including phenoxy) is 1. The van der Waals surface area contributed by atoms with Crippen LogP contribution in [0, 0.1) is 0 Å². The van der Waals surface area contributed by atoms with Gasteiger partial charge in [0.25, 0.3) is 5.91 Å². The molecule has 4 aromatic rings. The predicted octanol–water partition coefficient (Wildman–Crippen LogP) is 3.25. The summed E-state index contributed by atoms with van der Waals surface area (Å²) in [7, 11) is 1.59. The van der Waals surface area contributed by atoms with Crippen molar-refractivity contribution in [2.24, 2.45) is 0 Å². The first-order valence-corrected chi connectivity index (χ1v) is 10.8. The summed E-state index contributed by atoms with van der Waals surface area (Å²) in [5.41, 5.74) is 2.31. The van der Waals surface area contributed by atoms with Crippen LogP contribution in [0.2, 0.25) is 0 Å². The highest BCUT2D eigenvalue weighted by Crippen LogP contribution is 2.36. The summed E-state index contributed by atoms with van der Waals surface area (Å²) in [6.45, 7) is 1.25. The van der Waals surface area contributed by atoms with E-state index in [0.29, 0.717) is 23.9 Å². The number of benzene rings is 2. The van der Waals surface area contributed by atoms with Gasteiger partial charge < -0.3 is 14.6 Å². The Hall–Kier alpha value is -4.14. The van der Waals surface area contributed by atoms with E-state index in [1.54, 1.807) is 48.8 Å². The lowest BCUT2D eigenvalue weighted by Gasteiger charge is -2.16. The second kappa shape index (κ2) is 8.78. The maximum Gasteiger partial charge on any atom is 0.253 e. The van der Waals surface area contributed by atoms with Gasteiger partial charge in [-0.25, -0.2) is 9.97 Å². The molecular formula is C24H24N6O3. The van der Waals surface area contributed by atoms with E-state index in [1.807, 2.05) is 39.6 Å². The molecule has 0 saturated carbocycles. The number of carbonyl (C=O) groups excluding carboxylic acids is 2. The molecular weight excluding hydrogens is 420 g/mol. The number of aromatic nitrogens is 4. The first kappa shape index (κ1) is 20.7. The monoisotopic (exact) mass is 444 g/mol. The first-order valence-electron chi connectivity index (χ1n) is 10.8. The molecule has 168 valence electrons. The Bertz CT molecular complexity index is 1280. The van der Waals surface area contributed by atoms with Crippen LogP contribution in [0.15, 0.2) is 67.3 Å². The van der Waals surface area contributed by atoms with Gasteiger partial charge in [-0.15, -0.1) is 0 Å². The van der Waals surface area contributed by atoms with Crippen LogP contribution in [-0.4, -0.2) is 44.6 Å². The molecule has 2 aromatic carbocycles. The second-order valence-electron chi connectivity index (χ2n) is 7.91. The Morgan fingerprint density at radius 1 is 1.12 bits per heavy atom. The molecule has 1 unspecified atom stereocenters. The van der Waals surface area contributed by atoms with E-state index in [-0.39, 0.29) is 18.2 Å². The highest BCUT2D eigenvalue weighted by atomic mass is 16.5. The van der Waals surface area contributed by atoms with Crippen molar-refractivity contribution >= 4 is 34.5 Å². The number of hydrogen-bond donors (Lipinski definition) is 1. The standard InChI is InChI=1S/C24H24N6O3/c1-33-18-9-7-17(8-10-18)26-22(31)15-21-23(32)29(13-4-12-28-14-11-25-16-28)24-27-19-5-2-3-6-20(19)30(21)24/h2-3,5-11,14,16,21H,4,12-13,15H2,1H3,(H,26,31). The minimum atomic E-state index is -0.640.